The van der Waals surface area contributed by atoms with Crippen molar-refractivity contribution in [2.45, 2.75) is 80.7 Å². The van der Waals surface area contributed by atoms with Gasteiger partial charge in [0.25, 0.3) is 0 Å². The van der Waals surface area contributed by atoms with Crippen molar-refractivity contribution in [1.29, 1.82) is 0 Å². The lowest BCUT2D eigenvalue weighted by Gasteiger charge is -2.16. The molecule has 0 fully saturated rings. The van der Waals surface area contributed by atoms with Crippen molar-refractivity contribution in [2.75, 3.05) is 0 Å². The smallest absolute Gasteiger partial charge is 0.204 e. The molecule has 3 rings (SSSR count). The minimum Gasteiger partial charge on any atom is -0.372 e. The van der Waals surface area contributed by atoms with Gasteiger partial charge in [0.05, 0.1) is 6.33 Å². The summed E-state index contributed by atoms with van der Waals surface area (Å²) in [7, 11) is 0. The standard InChI is InChI=1S/C22H24FNO.C4H10.C2H6.CH3NO/c1-3-17(8-6-7-13-23)15-24-21-10-5-4-9-19(21)20-14-18(16(2)25)11-12-22(20)24;1-4(2)3;1-2;2-1-3/h3,6-8,11-14H,4-5,9-10,15H2,1-2H3;4H,1-3H3;1-2H3;1H,(H2,2,3)/b8-6-,13-7+,17-3+;;;. The average Bonchev–Trinajstić information content (AvgIpc) is 3.13. The summed E-state index contributed by atoms with van der Waals surface area (Å²) in [6.07, 6.45) is 12.5. The fraction of sp³-hybridized carbons (Fsp3) is 0.448. The first-order valence-electron chi connectivity index (χ1n) is 12.2. The largest absolute Gasteiger partial charge is 0.372 e. The molecule has 0 atom stereocenters. The zero-order chi connectivity index (χ0) is 26.1. The SMILES string of the molecule is CC.CC(C)C.C\C=C(/C=C\C=C\F)Cn1c2c(c3cc(C(C)=O)ccc31)CCCC2.NC=O. The fourth-order valence-corrected chi connectivity index (χ4v) is 3.68. The molecule has 0 radical (unpaired) electrons. The van der Waals surface area contributed by atoms with Crippen LogP contribution in [0.25, 0.3) is 10.9 Å². The number of carbonyl (C=O) groups excluding carboxylic acids is 2. The van der Waals surface area contributed by atoms with Crippen molar-refractivity contribution >= 4 is 23.1 Å². The van der Waals surface area contributed by atoms with Crippen molar-refractivity contribution in [3.05, 3.63) is 71.2 Å². The Hall–Kier alpha value is -2.95. The van der Waals surface area contributed by atoms with Gasteiger partial charge in [0.2, 0.25) is 6.41 Å². The van der Waals surface area contributed by atoms with E-state index in [2.05, 4.69) is 49.3 Å². The van der Waals surface area contributed by atoms with Crippen molar-refractivity contribution < 1.29 is 14.0 Å². The van der Waals surface area contributed by atoms with E-state index in [0.29, 0.717) is 6.33 Å². The third-order valence-corrected chi connectivity index (χ3v) is 4.99. The van der Waals surface area contributed by atoms with E-state index in [1.54, 1.807) is 13.0 Å². The van der Waals surface area contributed by atoms with E-state index >= 15 is 0 Å². The molecule has 1 aliphatic carbocycles. The molecule has 2 N–H and O–H groups in total. The number of nitrogens with two attached hydrogens (primary N) is 1. The molecular formula is C29H43FN2O2. The van der Waals surface area contributed by atoms with Crippen LogP contribution in [0.5, 0.6) is 0 Å². The molecule has 1 aromatic heterocycles. The highest BCUT2D eigenvalue weighted by Gasteiger charge is 2.20. The highest BCUT2D eigenvalue weighted by molar-refractivity contribution is 5.99. The van der Waals surface area contributed by atoms with Gasteiger partial charge in [-0.2, -0.15) is 0 Å². The monoisotopic (exact) mass is 470 g/mol. The minimum absolute atomic E-state index is 0.106. The topological polar surface area (TPSA) is 65.1 Å². The number of halogens is 1. The maximum absolute atomic E-state index is 12.2. The molecule has 34 heavy (non-hydrogen) atoms. The highest BCUT2D eigenvalue weighted by atomic mass is 19.1. The van der Waals surface area contributed by atoms with Crippen LogP contribution in [0.4, 0.5) is 4.39 Å². The molecule has 1 aliphatic rings. The molecule has 2 aromatic rings. The second-order valence-corrected chi connectivity index (χ2v) is 8.42. The molecule has 1 aromatic carbocycles. The Bertz CT molecular complexity index is 979. The van der Waals surface area contributed by atoms with Gasteiger partial charge in [-0.15, -0.1) is 0 Å². The molecule has 188 valence electrons. The number of ketones is 1. The number of hydrogen-bond acceptors (Lipinski definition) is 2. The van der Waals surface area contributed by atoms with Crippen LogP contribution < -0.4 is 5.73 Å². The lowest BCUT2D eigenvalue weighted by atomic mass is 9.95. The first-order valence-corrected chi connectivity index (χ1v) is 12.2. The minimum atomic E-state index is 0.106. The van der Waals surface area contributed by atoms with Crippen molar-refractivity contribution in [1.82, 2.24) is 4.57 Å². The molecule has 0 unspecified atom stereocenters. The maximum Gasteiger partial charge on any atom is 0.204 e. The molecule has 0 aliphatic heterocycles. The van der Waals surface area contributed by atoms with Gasteiger partial charge < -0.3 is 10.3 Å². The number of primary amides is 1. The Morgan fingerprint density at radius 2 is 1.74 bits per heavy atom. The summed E-state index contributed by atoms with van der Waals surface area (Å²) in [5, 5.41) is 1.21. The van der Waals surface area contributed by atoms with E-state index in [1.807, 2.05) is 32.9 Å². The van der Waals surface area contributed by atoms with Crippen LogP contribution in [-0.4, -0.2) is 16.8 Å². The third-order valence-electron chi connectivity index (χ3n) is 4.99. The van der Waals surface area contributed by atoms with Gasteiger partial charge in [-0.05, 0) is 80.9 Å². The first-order chi connectivity index (χ1) is 16.3. The number of nitrogens with zero attached hydrogens (tertiary/aromatic N) is 1. The number of fused-ring (bicyclic) bond motifs is 3. The molecule has 5 heteroatoms. The average molecular weight is 471 g/mol. The van der Waals surface area contributed by atoms with E-state index in [9.17, 15) is 9.18 Å². The van der Waals surface area contributed by atoms with E-state index < -0.39 is 0 Å². The number of Topliss-reactive ketones (excluding diaryl/α,β-unsaturated/α-hetero) is 1. The van der Waals surface area contributed by atoms with Gasteiger partial charge >= 0.3 is 0 Å². The Kier molecular flexibility index (Phi) is 16.0. The van der Waals surface area contributed by atoms with Crippen LogP contribution in [0.2, 0.25) is 0 Å². The number of hydrogen-bond donors (Lipinski definition) is 1. The summed E-state index contributed by atoms with van der Waals surface area (Å²) in [6, 6.07) is 6.04. The van der Waals surface area contributed by atoms with Gasteiger partial charge in [0, 0.05) is 28.7 Å². The lowest BCUT2D eigenvalue weighted by Crippen LogP contribution is -2.09. The van der Waals surface area contributed by atoms with Crippen LogP contribution in [0.1, 0.15) is 82.9 Å². The molecule has 1 heterocycles. The number of aryl methyl sites for hydroxylation is 1. The van der Waals surface area contributed by atoms with E-state index in [0.717, 1.165) is 36.4 Å². The van der Waals surface area contributed by atoms with Crippen molar-refractivity contribution in [2.24, 2.45) is 11.7 Å². The molecule has 1 amide bonds. The second-order valence-electron chi connectivity index (χ2n) is 8.42. The Morgan fingerprint density at radius 1 is 1.15 bits per heavy atom. The van der Waals surface area contributed by atoms with Crippen LogP contribution >= 0.6 is 0 Å². The molecule has 0 bridgehead atoms. The molecule has 0 saturated heterocycles. The summed E-state index contributed by atoms with van der Waals surface area (Å²) in [5.74, 6) is 0.939. The van der Waals surface area contributed by atoms with Crippen LogP contribution in [0.3, 0.4) is 0 Å². The summed E-state index contributed by atoms with van der Waals surface area (Å²) < 4.78 is 14.5. The highest BCUT2D eigenvalue weighted by Crippen LogP contribution is 2.33. The Labute approximate surface area is 205 Å². The quantitative estimate of drug-likeness (QED) is 0.279. The summed E-state index contributed by atoms with van der Waals surface area (Å²) >= 11 is 0. The predicted octanol–water partition coefficient (Wildman–Crippen LogP) is 7.50. The molecule has 0 saturated carbocycles. The van der Waals surface area contributed by atoms with Crippen molar-refractivity contribution in [3.63, 3.8) is 0 Å². The number of benzene rings is 1. The zero-order valence-corrected chi connectivity index (χ0v) is 22.0. The van der Waals surface area contributed by atoms with Gasteiger partial charge in [-0.25, -0.2) is 4.39 Å². The van der Waals surface area contributed by atoms with E-state index in [1.165, 1.54) is 41.1 Å². The first kappa shape index (κ1) is 31.0. The zero-order valence-electron chi connectivity index (χ0n) is 22.0. The summed E-state index contributed by atoms with van der Waals surface area (Å²) in [6.45, 7) is 14.9. The number of aromatic nitrogens is 1. The van der Waals surface area contributed by atoms with Crippen LogP contribution in [-0.2, 0) is 24.2 Å². The number of rotatable bonds is 5. The summed E-state index contributed by atoms with van der Waals surface area (Å²) in [4.78, 5) is 20.4. The number of amides is 1. The Morgan fingerprint density at radius 3 is 2.26 bits per heavy atom. The normalized spacial score (nSPS) is 12.9. The third kappa shape index (κ3) is 9.90. The number of allylic oxidation sites excluding steroid dienone is 5. The second kappa shape index (κ2) is 17.5. The van der Waals surface area contributed by atoms with Gasteiger partial charge in [0.1, 0.15) is 0 Å². The molecule has 0 spiro atoms. The summed E-state index contributed by atoms with van der Waals surface area (Å²) in [5.41, 5.74) is 10.0. The molecule has 4 nitrogen and oxygen atoms in total. The van der Waals surface area contributed by atoms with Crippen LogP contribution in [0.15, 0.2) is 54.4 Å². The van der Waals surface area contributed by atoms with Gasteiger partial charge in [0.15, 0.2) is 5.78 Å². The predicted molar refractivity (Wildman–Crippen MR) is 144 cm³/mol. The van der Waals surface area contributed by atoms with Crippen molar-refractivity contribution in [3.8, 4) is 0 Å². The van der Waals surface area contributed by atoms with Gasteiger partial charge in [-0.3, -0.25) is 9.59 Å². The van der Waals surface area contributed by atoms with E-state index in [4.69, 9.17) is 4.79 Å². The van der Waals surface area contributed by atoms with Crippen LogP contribution in [0, 0.1) is 5.92 Å². The Balaban J connectivity index is 0.00000105. The number of carbonyl (C=O) groups is 2. The maximum atomic E-state index is 12.2. The molecular weight excluding hydrogens is 427 g/mol. The van der Waals surface area contributed by atoms with Gasteiger partial charge in [-0.1, -0.05) is 52.8 Å². The van der Waals surface area contributed by atoms with E-state index in [-0.39, 0.29) is 12.2 Å². The lowest BCUT2D eigenvalue weighted by molar-refractivity contribution is -0.106. The fourth-order valence-electron chi connectivity index (χ4n) is 3.68.